The van der Waals surface area contributed by atoms with Crippen molar-refractivity contribution in [2.75, 3.05) is 11.1 Å². The molecule has 3 aromatic rings. The Labute approximate surface area is 225 Å². The molecule has 8 nitrogen and oxygen atoms in total. The number of thiophene rings is 1. The Hall–Kier alpha value is -3.16. The average Bonchev–Trinajstić information content (AvgIpc) is 3.41. The van der Waals surface area contributed by atoms with Crippen LogP contribution in [-0.4, -0.2) is 32.3 Å². The van der Waals surface area contributed by atoms with Gasteiger partial charge in [-0.1, -0.05) is 50.7 Å². The molecule has 10 heteroatoms. The van der Waals surface area contributed by atoms with Gasteiger partial charge in [0.05, 0.1) is 17.4 Å². The summed E-state index contributed by atoms with van der Waals surface area (Å²) in [5.74, 6) is 0.912. The Morgan fingerprint density at radius 1 is 1.27 bits per heavy atom. The second-order valence-corrected chi connectivity index (χ2v) is 12.5. The first-order valence-electron chi connectivity index (χ1n) is 12.3. The van der Waals surface area contributed by atoms with E-state index in [4.69, 9.17) is 0 Å². The van der Waals surface area contributed by atoms with Gasteiger partial charge in [0.15, 0.2) is 11.0 Å². The van der Waals surface area contributed by atoms with Crippen molar-refractivity contribution in [2.24, 2.45) is 18.4 Å². The van der Waals surface area contributed by atoms with Gasteiger partial charge in [-0.2, -0.15) is 5.26 Å². The van der Waals surface area contributed by atoms with Gasteiger partial charge in [0.2, 0.25) is 5.91 Å². The van der Waals surface area contributed by atoms with E-state index in [0.717, 1.165) is 24.8 Å². The number of hydrogen-bond donors (Lipinski definition) is 2. The van der Waals surface area contributed by atoms with Crippen molar-refractivity contribution < 1.29 is 9.59 Å². The number of aromatic nitrogens is 3. The summed E-state index contributed by atoms with van der Waals surface area (Å²) >= 11 is 2.80. The van der Waals surface area contributed by atoms with Crippen LogP contribution in [0.25, 0.3) is 0 Å². The number of anilines is 1. The summed E-state index contributed by atoms with van der Waals surface area (Å²) in [6, 6.07) is 11.0. The Morgan fingerprint density at radius 2 is 2.00 bits per heavy atom. The number of benzene rings is 1. The van der Waals surface area contributed by atoms with Gasteiger partial charge in [-0.05, 0) is 55.2 Å². The van der Waals surface area contributed by atoms with E-state index in [1.54, 1.807) is 16.7 Å². The Balaban J connectivity index is 1.37. The van der Waals surface area contributed by atoms with Gasteiger partial charge in [-0.3, -0.25) is 9.59 Å². The average molecular weight is 537 g/mol. The summed E-state index contributed by atoms with van der Waals surface area (Å²) < 4.78 is 1.78. The SMILES string of the molecule is C[C@@H](NC(=O)c1ccccc1)c1nnc(SCC(=O)Nc2sc3c(c2C#N)CC[C@@H](C(C)(C)C)C3)n1C. The molecule has 2 N–H and O–H groups in total. The zero-order valence-electron chi connectivity index (χ0n) is 21.8. The van der Waals surface area contributed by atoms with E-state index in [1.807, 2.05) is 32.2 Å². The topological polar surface area (TPSA) is 113 Å². The van der Waals surface area contributed by atoms with Crippen LogP contribution in [0.3, 0.4) is 0 Å². The predicted octanol–water partition coefficient (Wildman–Crippen LogP) is 5.12. The minimum atomic E-state index is -0.360. The smallest absolute Gasteiger partial charge is 0.251 e. The van der Waals surface area contributed by atoms with E-state index in [-0.39, 0.29) is 29.0 Å². The maximum atomic E-state index is 12.8. The Bertz CT molecular complexity index is 1330. The fraction of sp³-hybridized carbons (Fsp3) is 0.444. The summed E-state index contributed by atoms with van der Waals surface area (Å²) in [5, 5.41) is 25.3. The highest BCUT2D eigenvalue weighted by atomic mass is 32.2. The van der Waals surface area contributed by atoms with Crippen molar-refractivity contribution in [3.8, 4) is 6.07 Å². The lowest BCUT2D eigenvalue weighted by Crippen LogP contribution is -2.28. The monoisotopic (exact) mass is 536 g/mol. The molecular weight excluding hydrogens is 504 g/mol. The minimum Gasteiger partial charge on any atom is -0.342 e. The molecule has 1 aromatic carbocycles. The van der Waals surface area contributed by atoms with Gasteiger partial charge < -0.3 is 15.2 Å². The highest BCUT2D eigenvalue weighted by Crippen LogP contribution is 2.44. The summed E-state index contributed by atoms with van der Waals surface area (Å²) in [6.07, 6.45) is 2.88. The molecule has 4 rings (SSSR count). The van der Waals surface area contributed by atoms with E-state index < -0.39 is 0 Å². The van der Waals surface area contributed by atoms with E-state index in [9.17, 15) is 14.9 Å². The second kappa shape index (κ2) is 11.1. The summed E-state index contributed by atoms with van der Waals surface area (Å²) in [5.41, 5.74) is 2.49. The third kappa shape index (κ3) is 6.05. The molecule has 0 aliphatic heterocycles. The lowest BCUT2D eigenvalue weighted by atomic mass is 9.72. The number of hydrogen-bond acceptors (Lipinski definition) is 7. The largest absolute Gasteiger partial charge is 0.342 e. The van der Waals surface area contributed by atoms with Crippen LogP contribution < -0.4 is 10.6 Å². The number of fused-ring (bicyclic) bond motifs is 1. The lowest BCUT2D eigenvalue weighted by Gasteiger charge is -2.33. The summed E-state index contributed by atoms with van der Waals surface area (Å²) in [6.45, 7) is 8.63. The first kappa shape index (κ1) is 26.9. The second-order valence-electron chi connectivity index (χ2n) is 10.4. The van der Waals surface area contributed by atoms with Gasteiger partial charge in [-0.25, -0.2) is 0 Å². The van der Waals surface area contributed by atoms with Crippen molar-refractivity contribution in [3.05, 3.63) is 57.7 Å². The molecule has 37 heavy (non-hydrogen) atoms. The normalized spacial score (nSPS) is 15.9. The molecule has 1 aliphatic carbocycles. The molecule has 0 radical (unpaired) electrons. The quantitative estimate of drug-likeness (QED) is 0.405. The number of amides is 2. The fourth-order valence-corrected chi connectivity index (χ4v) is 6.60. The number of nitriles is 1. The van der Waals surface area contributed by atoms with Gasteiger partial charge in [0, 0.05) is 17.5 Å². The highest BCUT2D eigenvalue weighted by Gasteiger charge is 2.32. The van der Waals surface area contributed by atoms with Crippen LogP contribution >= 0.6 is 23.1 Å². The first-order valence-corrected chi connectivity index (χ1v) is 14.1. The van der Waals surface area contributed by atoms with Crippen LogP contribution in [0.1, 0.15) is 72.3 Å². The number of nitrogens with one attached hydrogen (secondary N) is 2. The molecule has 0 saturated heterocycles. The molecule has 0 fully saturated rings. The standard InChI is InChI=1S/C27H32N6O2S2/c1-16(29-24(35)17-9-7-6-8-10-17)23-31-32-26(33(23)5)36-15-22(34)30-25-20(14-28)19-12-11-18(27(2,3)4)13-21(19)37-25/h6-10,16,18H,11-13,15H2,1-5H3,(H,29,35)(H,30,34)/t16-,18-/m1/s1. The van der Waals surface area contributed by atoms with Gasteiger partial charge in [0.25, 0.3) is 5.91 Å². The van der Waals surface area contributed by atoms with Crippen molar-refractivity contribution in [2.45, 2.75) is 58.2 Å². The third-order valence-corrected chi connectivity index (χ3v) is 9.02. The van der Waals surface area contributed by atoms with Gasteiger partial charge in [0.1, 0.15) is 11.1 Å². The Kier molecular flexibility index (Phi) is 8.05. The number of rotatable bonds is 7. The maximum Gasteiger partial charge on any atom is 0.251 e. The van der Waals surface area contributed by atoms with Crippen molar-refractivity contribution in [1.82, 2.24) is 20.1 Å². The van der Waals surface area contributed by atoms with Crippen LogP contribution in [0.15, 0.2) is 35.5 Å². The molecule has 2 amide bonds. The zero-order valence-corrected chi connectivity index (χ0v) is 23.4. The van der Waals surface area contributed by atoms with Crippen molar-refractivity contribution in [1.29, 1.82) is 5.26 Å². The number of thioether (sulfide) groups is 1. The predicted molar refractivity (Wildman–Crippen MR) is 147 cm³/mol. The van der Waals surface area contributed by atoms with Crippen LogP contribution in [-0.2, 0) is 24.7 Å². The van der Waals surface area contributed by atoms with E-state index >= 15 is 0 Å². The van der Waals surface area contributed by atoms with Crippen LogP contribution in [0.2, 0.25) is 0 Å². The van der Waals surface area contributed by atoms with Crippen molar-refractivity contribution >= 4 is 39.9 Å². The van der Waals surface area contributed by atoms with E-state index in [1.165, 1.54) is 28.0 Å². The first-order chi connectivity index (χ1) is 17.6. The number of nitrogens with zero attached hydrogens (tertiary/aromatic N) is 4. The van der Waals surface area contributed by atoms with Crippen LogP contribution in [0.5, 0.6) is 0 Å². The molecule has 0 bridgehead atoms. The molecule has 0 unspecified atom stereocenters. The van der Waals surface area contributed by atoms with Gasteiger partial charge >= 0.3 is 0 Å². The summed E-state index contributed by atoms with van der Waals surface area (Å²) in [4.78, 5) is 26.5. The van der Waals surface area contributed by atoms with Crippen LogP contribution in [0, 0.1) is 22.7 Å². The highest BCUT2D eigenvalue weighted by molar-refractivity contribution is 7.99. The van der Waals surface area contributed by atoms with Crippen molar-refractivity contribution in [3.63, 3.8) is 0 Å². The molecule has 194 valence electrons. The van der Waals surface area contributed by atoms with Gasteiger partial charge in [-0.15, -0.1) is 21.5 Å². The molecule has 2 heterocycles. The molecule has 2 aromatic heterocycles. The molecule has 1 aliphatic rings. The maximum absolute atomic E-state index is 12.8. The molecular formula is C27H32N6O2S2. The Morgan fingerprint density at radius 3 is 2.68 bits per heavy atom. The van der Waals surface area contributed by atoms with Crippen LogP contribution in [0.4, 0.5) is 5.00 Å². The summed E-state index contributed by atoms with van der Waals surface area (Å²) in [7, 11) is 1.81. The van der Waals surface area contributed by atoms with E-state index in [2.05, 4.69) is 47.7 Å². The number of carbonyl (C=O) groups excluding carboxylic acids is 2. The molecule has 0 spiro atoms. The fourth-order valence-electron chi connectivity index (χ4n) is 4.59. The molecule has 2 atom stereocenters. The lowest BCUT2D eigenvalue weighted by molar-refractivity contribution is -0.113. The molecule has 0 saturated carbocycles. The zero-order chi connectivity index (χ0) is 26.7. The number of carbonyl (C=O) groups is 2. The third-order valence-electron chi connectivity index (χ3n) is 6.83. The van der Waals surface area contributed by atoms with E-state index in [0.29, 0.717) is 33.0 Å². The minimum absolute atomic E-state index is 0.134.